The van der Waals surface area contributed by atoms with Crippen LogP contribution in [0.25, 0.3) is 0 Å². The molecule has 0 spiro atoms. The second-order valence-electron chi connectivity index (χ2n) is 0.976. The maximum Gasteiger partial charge on any atom is 2.00 e. The fraction of sp³-hybridized carbons (Fsp3) is 0. The topological polar surface area (TPSA) is 136 Å². The maximum atomic E-state index is 9.32. The van der Waals surface area contributed by atoms with E-state index in [1.54, 1.807) is 0 Å². The van der Waals surface area contributed by atoms with Gasteiger partial charge >= 0.3 is 44.8 Å². The Morgan fingerprint density at radius 3 is 1.00 bits per heavy atom. The van der Waals surface area contributed by atoms with Crippen LogP contribution in [0.2, 0.25) is 0 Å². The van der Waals surface area contributed by atoms with Gasteiger partial charge in [0.1, 0.15) is 0 Å². The van der Waals surface area contributed by atoms with Gasteiger partial charge in [-0.3, -0.25) is 0 Å². The summed E-state index contributed by atoms with van der Waals surface area (Å²) in [5, 5.41) is 0. The van der Waals surface area contributed by atoms with Gasteiger partial charge in [-0.25, -0.2) is 0 Å². The molecule has 0 saturated heterocycles. The first kappa shape index (κ1) is 18.5. The van der Waals surface area contributed by atoms with Gasteiger partial charge in [0, 0.05) is 0 Å². The van der Waals surface area contributed by atoms with Crippen LogP contribution < -0.4 is 19.6 Å². The van der Waals surface area contributed by atoms with E-state index in [0.29, 0.717) is 0 Å². The van der Waals surface area contributed by atoms with E-state index in [1.807, 2.05) is 0 Å². The largest absolute Gasteiger partial charge is 2.00 e. The zero-order valence-electron chi connectivity index (χ0n) is 4.65. The summed E-state index contributed by atoms with van der Waals surface area (Å²) >= 11 is 0. The first-order valence-electron chi connectivity index (χ1n) is 1.46. The summed E-state index contributed by atoms with van der Waals surface area (Å²) in [5.41, 5.74) is 0. The second kappa shape index (κ2) is 6.23. The molecule has 0 amide bonds. The summed E-state index contributed by atoms with van der Waals surface area (Å²) in [6.45, 7) is 0. The van der Waals surface area contributed by atoms with Gasteiger partial charge < -0.3 is 33.0 Å². The minimum Gasteiger partial charge on any atom is -0.790 e. The Kier molecular flexibility index (Phi) is 10.5. The van der Waals surface area contributed by atoms with Gasteiger partial charge in [0.05, 0.1) is 15.6 Å². The molecule has 0 aliphatic heterocycles. The summed E-state index contributed by atoms with van der Waals surface area (Å²) in [6, 6.07) is 0. The standard InChI is InChI=1S/2Nb.H4O7P2/c;;1-8(2,3)7-9(4,5)6/h;;(H2,1,2,3)(H2,4,5,6)/q2*+2;/p-4. The van der Waals surface area contributed by atoms with Crippen molar-refractivity contribution in [1.82, 2.24) is 0 Å². The molecule has 0 bridgehead atoms. The summed E-state index contributed by atoms with van der Waals surface area (Å²) < 4.78 is 21.2. The van der Waals surface area contributed by atoms with Crippen LogP contribution in [0.3, 0.4) is 0 Å². The summed E-state index contributed by atoms with van der Waals surface area (Å²) in [4.78, 5) is 37.3. The van der Waals surface area contributed by atoms with Crippen molar-refractivity contribution in [2.45, 2.75) is 0 Å². The molecule has 0 saturated carbocycles. The first-order valence-corrected chi connectivity index (χ1v) is 4.38. The van der Waals surface area contributed by atoms with Crippen LogP contribution in [0.1, 0.15) is 0 Å². The Labute approximate surface area is 93.0 Å². The Balaban J connectivity index is -0.000000320. The van der Waals surface area contributed by atoms with Crippen LogP contribution in [0.5, 0.6) is 0 Å². The van der Waals surface area contributed by atoms with E-state index in [9.17, 15) is 28.7 Å². The molecule has 0 heterocycles. The van der Waals surface area contributed by atoms with Gasteiger partial charge in [0.2, 0.25) is 0 Å². The molecule has 0 aromatic rings. The van der Waals surface area contributed by atoms with Crippen LogP contribution >= 0.6 is 15.6 Å². The molecular weight excluding hydrogens is 360 g/mol. The minimum absolute atomic E-state index is 0. The molecule has 7 nitrogen and oxygen atoms in total. The Hall–Kier alpha value is 1.74. The van der Waals surface area contributed by atoms with Crippen molar-refractivity contribution in [2.24, 2.45) is 0 Å². The van der Waals surface area contributed by atoms with E-state index < -0.39 is 15.6 Å². The minimum atomic E-state index is -5.68. The fourth-order valence-electron chi connectivity index (χ4n) is 0.122. The van der Waals surface area contributed by atoms with Gasteiger partial charge in [-0.05, 0) is 0 Å². The van der Waals surface area contributed by atoms with E-state index in [4.69, 9.17) is 0 Å². The predicted octanol–water partition coefficient (Wildman–Crippen LogP) is -3.34. The number of rotatable bonds is 2. The first-order chi connectivity index (χ1) is 3.71. The average Bonchev–Trinajstić information content (AvgIpc) is 1.14. The molecule has 62 valence electrons. The molecule has 0 fully saturated rings. The molecule has 0 rings (SSSR count). The summed E-state index contributed by atoms with van der Waals surface area (Å²) in [6.07, 6.45) is 0. The molecule has 0 unspecified atom stereocenters. The Morgan fingerprint density at radius 1 is 0.818 bits per heavy atom. The van der Waals surface area contributed by atoms with Gasteiger partial charge in [0.15, 0.2) is 0 Å². The molecule has 11 heavy (non-hydrogen) atoms. The molecule has 0 atom stereocenters. The maximum absolute atomic E-state index is 9.32. The van der Waals surface area contributed by atoms with Crippen molar-refractivity contribution in [2.75, 3.05) is 0 Å². The van der Waals surface area contributed by atoms with E-state index >= 15 is 0 Å². The third-order valence-electron chi connectivity index (χ3n) is 0.200. The molecule has 0 aromatic carbocycles. The zero-order chi connectivity index (χ0) is 7.71. The molecule has 11 heteroatoms. The molecule has 2 radical (unpaired) electrons. The molecule has 0 aromatic heterocycles. The van der Waals surface area contributed by atoms with Crippen LogP contribution in [-0.2, 0) is 58.2 Å². The molecule has 0 N–H and O–H groups in total. The van der Waals surface area contributed by atoms with E-state index in [-0.39, 0.29) is 44.8 Å². The monoisotopic (exact) mass is 360 g/mol. The van der Waals surface area contributed by atoms with Crippen molar-refractivity contribution >= 4 is 15.6 Å². The molecular formula is Nb2O7P2. The van der Waals surface area contributed by atoms with E-state index in [0.717, 1.165) is 0 Å². The third-order valence-corrected chi connectivity index (χ3v) is 1.80. The molecule has 0 aliphatic rings. The number of phosphoric acid groups is 2. The van der Waals surface area contributed by atoms with Crippen molar-refractivity contribution in [3.63, 3.8) is 0 Å². The van der Waals surface area contributed by atoms with Gasteiger partial charge in [0.25, 0.3) is 0 Å². The predicted molar refractivity (Wildman–Crippen MR) is 16.3 cm³/mol. The summed E-state index contributed by atoms with van der Waals surface area (Å²) in [7, 11) is -11.4. The third kappa shape index (κ3) is 18.6. The SMILES string of the molecule is O=P([O-])([O-])OP(=O)([O-])[O-].[Nb+2].[Nb+2]. The summed E-state index contributed by atoms with van der Waals surface area (Å²) in [5.74, 6) is 0. The van der Waals surface area contributed by atoms with Gasteiger partial charge in [-0.15, -0.1) is 0 Å². The normalized spacial score (nSPS) is 11.3. The second-order valence-corrected chi connectivity index (χ2v) is 3.42. The van der Waals surface area contributed by atoms with Crippen LogP contribution in [0.15, 0.2) is 0 Å². The fourth-order valence-corrected chi connectivity index (χ4v) is 1.10. The van der Waals surface area contributed by atoms with Crippen LogP contribution in [0.4, 0.5) is 0 Å². The zero-order valence-corrected chi connectivity index (χ0v) is 10.8. The number of hydrogen-bond acceptors (Lipinski definition) is 7. The number of hydrogen-bond donors (Lipinski definition) is 0. The van der Waals surface area contributed by atoms with Crippen molar-refractivity contribution in [3.05, 3.63) is 0 Å². The van der Waals surface area contributed by atoms with Crippen molar-refractivity contribution < 1.29 is 77.8 Å². The van der Waals surface area contributed by atoms with Crippen LogP contribution in [-0.4, -0.2) is 0 Å². The van der Waals surface area contributed by atoms with Crippen molar-refractivity contribution in [3.8, 4) is 0 Å². The van der Waals surface area contributed by atoms with Crippen molar-refractivity contribution in [1.29, 1.82) is 0 Å². The van der Waals surface area contributed by atoms with Gasteiger partial charge in [-0.1, -0.05) is 0 Å². The van der Waals surface area contributed by atoms with E-state index in [1.165, 1.54) is 0 Å². The van der Waals surface area contributed by atoms with Crippen LogP contribution in [0, 0.1) is 0 Å². The Morgan fingerprint density at radius 2 is 1.00 bits per heavy atom. The van der Waals surface area contributed by atoms with Gasteiger partial charge in [-0.2, -0.15) is 0 Å². The average molecular weight is 360 g/mol. The molecule has 0 aliphatic carbocycles. The van der Waals surface area contributed by atoms with E-state index in [2.05, 4.69) is 4.31 Å². The quantitative estimate of drug-likeness (QED) is 0.371. The Bertz CT molecular complexity index is 155. The smallest absolute Gasteiger partial charge is 0.790 e.